The van der Waals surface area contributed by atoms with Crippen molar-refractivity contribution in [2.24, 2.45) is 5.92 Å². The second kappa shape index (κ2) is 12.8. The number of likely N-dealkylation sites (tertiary alicyclic amines) is 1. The summed E-state index contributed by atoms with van der Waals surface area (Å²) in [6, 6.07) is 11.2. The number of amides is 3. The first-order chi connectivity index (χ1) is 18.9. The second-order valence-corrected chi connectivity index (χ2v) is 12.1. The number of nitrogens with zero attached hydrogens (tertiary/aromatic N) is 2. The number of piperidine rings is 2. The Morgan fingerprint density at radius 1 is 0.897 bits per heavy atom. The number of aryl methyl sites for hydroxylation is 2. The average Bonchev–Trinajstić information content (AvgIpc) is 3.24. The first-order valence-corrected chi connectivity index (χ1v) is 15.1. The Bertz CT molecular complexity index is 1210. The van der Waals surface area contributed by atoms with Crippen LogP contribution in [0.3, 0.4) is 0 Å². The fourth-order valence-electron chi connectivity index (χ4n) is 6.34. The SMILES string of the molecule is O=C1CCC(N2Cc3c(CCCCCN4CCC(CCc5cc(Cl)cc(Cl)c5)CC4)cccc3C2=O)C(=O)N1. The third-order valence-electron chi connectivity index (χ3n) is 8.57. The Hall–Kier alpha value is -2.41. The minimum atomic E-state index is -0.560. The van der Waals surface area contributed by atoms with Crippen LogP contribution in [0.15, 0.2) is 36.4 Å². The number of carbonyl (C=O) groups excluding carboxylic acids is 3. The number of unbranched alkanes of at least 4 members (excludes halogenated alkanes) is 2. The Balaban J connectivity index is 1.02. The molecular formula is C31H37Cl2N3O3. The maximum absolute atomic E-state index is 13.0. The quantitative estimate of drug-likeness (QED) is 0.289. The maximum atomic E-state index is 13.0. The zero-order chi connectivity index (χ0) is 27.4. The highest BCUT2D eigenvalue weighted by Crippen LogP contribution is 2.31. The lowest BCUT2D eigenvalue weighted by Crippen LogP contribution is -2.52. The zero-order valence-corrected chi connectivity index (χ0v) is 23.9. The van der Waals surface area contributed by atoms with E-state index in [4.69, 9.17) is 23.2 Å². The molecule has 2 saturated heterocycles. The third-order valence-corrected chi connectivity index (χ3v) is 9.01. The van der Waals surface area contributed by atoms with E-state index in [9.17, 15) is 14.4 Å². The summed E-state index contributed by atoms with van der Waals surface area (Å²) in [5, 5.41) is 3.81. The van der Waals surface area contributed by atoms with E-state index in [0.29, 0.717) is 28.6 Å². The van der Waals surface area contributed by atoms with Gasteiger partial charge < -0.3 is 9.80 Å². The Labute approximate surface area is 241 Å². The van der Waals surface area contributed by atoms with E-state index in [1.165, 1.54) is 49.9 Å². The van der Waals surface area contributed by atoms with Crippen molar-refractivity contribution in [1.29, 1.82) is 0 Å². The highest BCUT2D eigenvalue weighted by molar-refractivity contribution is 6.34. The number of imide groups is 1. The van der Waals surface area contributed by atoms with Crippen molar-refractivity contribution >= 4 is 40.9 Å². The topological polar surface area (TPSA) is 69.7 Å². The molecule has 0 saturated carbocycles. The number of nitrogens with one attached hydrogen (secondary N) is 1. The van der Waals surface area contributed by atoms with Gasteiger partial charge in [-0.2, -0.15) is 0 Å². The largest absolute Gasteiger partial charge is 0.322 e. The average molecular weight is 571 g/mol. The van der Waals surface area contributed by atoms with Gasteiger partial charge in [0, 0.05) is 28.6 Å². The van der Waals surface area contributed by atoms with Gasteiger partial charge in [-0.3, -0.25) is 19.7 Å². The number of rotatable bonds is 10. The minimum absolute atomic E-state index is 0.0962. The van der Waals surface area contributed by atoms with E-state index in [0.717, 1.165) is 43.7 Å². The molecule has 0 radical (unpaired) electrons. The van der Waals surface area contributed by atoms with Gasteiger partial charge in [0.05, 0.1) is 0 Å². The monoisotopic (exact) mass is 569 g/mol. The van der Waals surface area contributed by atoms with Crippen LogP contribution < -0.4 is 5.32 Å². The summed E-state index contributed by atoms with van der Waals surface area (Å²) in [6.45, 7) is 3.94. The molecule has 3 amide bonds. The highest BCUT2D eigenvalue weighted by Gasteiger charge is 2.39. The van der Waals surface area contributed by atoms with Crippen molar-refractivity contribution in [1.82, 2.24) is 15.1 Å². The van der Waals surface area contributed by atoms with Gasteiger partial charge in [0.1, 0.15) is 6.04 Å². The van der Waals surface area contributed by atoms with Crippen molar-refractivity contribution in [3.63, 3.8) is 0 Å². The smallest absolute Gasteiger partial charge is 0.255 e. The number of benzene rings is 2. The summed E-state index contributed by atoms with van der Waals surface area (Å²) in [5.74, 6) is 0.0526. The van der Waals surface area contributed by atoms with Gasteiger partial charge in [-0.05, 0) is 118 Å². The molecule has 3 aliphatic heterocycles. The fourth-order valence-corrected chi connectivity index (χ4v) is 6.91. The first-order valence-electron chi connectivity index (χ1n) is 14.3. The Kier molecular flexibility index (Phi) is 9.26. The molecule has 2 aromatic carbocycles. The van der Waals surface area contributed by atoms with Crippen LogP contribution in [0.1, 0.15) is 78.4 Å². The van der Waals surface area contributed by atoms with E-state index in [1.54, 1.807) is 11.0 Å². The van der Waals surface area contributed by atoms with Crippen LogP contribution in [-0.2, 0) is 29.0 Å². The molecule has 5 rings (SSSR count). The van der Waals surface area contributed by atoms with Crippen molar-refractivity contribution < 1.29 is 14.4 Å². The van der Waals surface area contributed by atoms with Gasteiger partial charge in [-0.1, -0.05) is 41.8 Å². The lowest BCUT2D eigenvalue weighted by atomic mass is 9.90. The predicted molar refractivity (Wildman–Crippen MR) is 154 cm³/mol. The molecule has 6 nitrogen and oxygen atoms in total. The van der Waals surface area contributed by atoms with E-state index in [2.05, 4.69) is 16.3 Å². The minimum Gasteiger partial charge on any atom is -0.322 e. The summed E-state index contributed by atoms with van der Waals surface area (Å²) < 4.78 is 0. The zero-order valence-electron chi connectivity index (χ0n) is 22.4. The highest BCUT2D eigenvalue weighted by atomic mass is 35.5. The summed E-state index contributed by atoms with van der Waals surface area (Å²) >= 11 is 12.3. The van der Waals surface area contributed by atoms with Crippen molar-refractivity contribution in [3.8, 4) is 0 Å². The molecule has 0 aromatic heterocycles. The van der Waals surface area contributed by atoms with Gasteiger partial charge in [0.25, 0.3) is 5.91 Å². The van der Waals surface area contributed by atoms with E-state index < -0.39 is 6.04 Å². The summed E-state index contributed by atoms with van der Waals surface area (Å²) in [7, 11) is 0. The Morgan fingerprint density at radius 3 is 2.41 bits per heavy atom. The molecule has 3 heterocycles. The lowest BCUT2D eigenvalue weighted by Gasteiger charge is -2.32. The van der Waals surface area contributed by atoms with E-state index in [-0.39, 0.29) is 24.1 Å². The number of fused-ring (bicyclic) bond motifs is 1. The molecule has 0 bridgehead atoms. The number of carbonyl (C=O) groups is 3. The van der Waals surface area contributed by atoms with Gasteiger partial charge in [0.2, 0.25) is 11.8 Å². The standard InChI is InChI=1S/C31H37Cl2N3O3/c32-24-17-22(18-25(33)19-24)9-8-21-12-15-35(16-13-21)14-3-1-2-5-23-6-4-7-26-27(23)20-36(31(26)39)28-10-11-29(37)34-30(28)38/h4,6-7,17-19,21,28H,1-3,5,8-16,20H2,(H,34,37,38). The second-order valence-electron chi connectivity index (χ2n) is 11.3. The summed E-state index contributed by atoms with van der Waals surface area (Å²) in [5.41, 5.74) is 4.19. The third kappa shape index (κ3) is 7.03. The number of halogens is 2. The van der Waals surface area contributed by atoms with Crippen LogP contribution in [0, 0.1) is 5.92 Å². The van der Waals surface area contributed by atoms with Gasteiger partial charge in [-0.15, -0.1) is 0 Å². The van der Waals surface area contributed by atoms with Crippen LogP contribution in [-0.4, -0.2) is 53.2 Å². The molecule has 1 atom stereocenters. The van der Waals surface area contributed by atoms with Crippen molar-refractivity contribution in [2.75, 3.05) is 19.6 Å². The van der Waals surface area contributed by atoms with Gasteiger partial charge in [-0.25, -0.2) is 0 Å². The van der Waals surface area contributed by atoms with Gasteiger partial charge in [0.15, 0.2) is 0 Å². The number of hydrogen-bond donors (Lipinski definition) is 1. The van der Waals surface area contributed by atoms with Crippen molar-refractivity contribution in [2.45, 2.75) is 76.8 Å². The van der Waals surface area contributed by atoms with E-state index in [1.807, 2.05) is 24.3 Å². The molecule has 39 heavy (non-hydrogen) atoms. The van der Waals surface area contributed by atoms with Gasteiger partial charge >= 0.3 is 0 Å². The molecule has 2 aromatic rings. The summed E-state index contributed by atoms with van der Waals surface area (Å²) in [4.78, 5) is 41.1. The fraction of sp³-hybridized carbons (Fsp3) is 0.516. The molecule has 0 aliphatic carbocycles. The molecular weight excluding hydrogens is 533 g/mol. The molecule has 8 heteroatoms. The number of hydrogen-bond acceptors (Lipinski definition) is 4. The van der Waals surface area contributed by atoms with E-state index >= 15 is 0 Å². The van der Waals surface area contributed by atoms with Crippen LogP contribution in [0.5, 0.6) is 0 Å². The van der Waals surface area contributed by atoms with Crippen LogP contribution in [0.25, 0.3) is 0 Å². The summed E-state index contributed by atoms with van der Waals surface area (Å²) in [6.07, 6.45) is 9.76. The lowest BCUT2D eigenvalue weighted by molar-refractivity contribution is -0.136. The normalized spacial score (nSPS) is 20.4. The van der Waals surface area contributed by atoms with Crippen LogP contribution >= 0.6 is 23.2 Å². The first kappa shape index (κ1) is 28.1. The molecule has 1 unspecified atom stereocenters. The van der Waals surface area contributed by atoms with Crippen LogP contribution in [0.4, 0.5) is 0 Å². The predicted octanol–water partition coefficient (Wildman–Crippen LogP) is 5.81. The molecule has 3 aliphatic rings. The molecule has 1 N–H and O–H groups in total. The molecule has 0 spiro atoms. The molecule has 208 valence electrons. The molecule has 2 fully saturated rings. The van der Waals surface area contributed by atoms with Crippen molar-refractivity contribution in [3.05, 3.63) is 68.7 Å². The van der Waals surface area contributed by atoms with Crippen LogP contribution in [0.2, 0.25) is 10.0 Å². The Morgan fingerprint density at radius 2 is 1.67 bits per heavy atom. The maximum Gasteiger partial charge on any atom is 0.255 e.